The number of nitrogens with two attached hydrogens (primary N) is 1. The van der Waals surface area contributed by atoms with Gasteiger partial charge in [-0.05, 0) is 33.5 Å². The minimum absolute atomic E-state index is 0.00466. The van der Waals surface area contributed by atoms with Crippen LogP contribution in [0, 0.1) is 12.3 Å². The lowest BCUT2D eigenvalue weighted by molar-refractivity contribution is -0.193. The van der Waals surface area contributed by atoms with E-state index in [9.17, 15) is 31.1 Å². The first-order valence-electron chi connectivity index (χ1n) is 7.70. The maximum atomic E-state index is 11.7. The maximum Gasteiger partial charge on any atom is 0.490 e. The molecule has 0 heterocycles. The number of hydrogen-bond donors (Lipinski definition) is 4. The van der Waals surface area contributed by atoms with Gasteiger partial charge < -0.3 is 21.3 Å². The summed E-state index contributed by atoms with van der Waals surface area (Å²) in [5, 5.41) is 16.9. The number of likely N-dealkylation sites (N-methyl/N-ethyl adjacent to an activating group) is 1. The Hall–Kier alpha value is -2.53. The second kappa shape index (κ2) is 15.4. The van der Waals surface area contributed by atoms with Crippen molar-refractivity contribution in [3.63, 3.8) is 0 Å². The number of unbranched alkanes of at least 4 members (excludes halogenated alkanes) is 1. The molecule has 0 fully saturated rings. The van der Waals surface area contributed by atoms with Gasteiger partial charge in [0.2, 0.25) is 5.91 Å². The van der Waals surface area contributed by atoms with Crippen LogP contribution in [0.5, 0.6) is 0 Å². The molecule has 170 valence electrons. The fourth-order valence-electron chi connectivity index (χ4n) is 1.36. The number of amides is 1. The maximum absolute atomic E-state index is 11.7. The number of hydrogen-bond acceptors (Lipinski definition) is 5. The van der Waals surface area contributed by atoms with Crippen molar-refractivity contribution in [3.8, 4) is 12.3 Å². The number of carbonyl (C=O) groups is 3. The molecule has 0 saturated carbocycles. The second-order valence-electron chi connectivity index (χ2n) is 5.29. The van der Waals surface area contributed by atoms with E-state index in [-0.39, 0.29) is 11.9 Å². The van der Waals surface area contributed by atoms with Crippen LogP contribution < -0.4 is 11.1 Å². The Kier molecular flexibility index (Phi) is 16.6. The van der Waals surface area contributed by atoms with E-state index in [1.807, 2.05) is 19.0 Å². The summed E-state index contributed by atoms with van der Waals surface area (Å²) in [6.45, 7) is 0.964. The molecular weight excluding hydrogens is 416 g/mol. The summed E-state index contributed by atoms with van der Waals surface area (Å²) >= 11 is 0. The summed E-state index contributed by atoms with van der Waals surface area (Å²) < 4.78 is 63.5. The topological polar surface area (TPSA) is 133 Å². The van der Waals surface area contributed by atoms with Crippen LogP contribution >= 0.6 is 0 Å². The highest BCUT2D eigenvalue weighted by molar-refractivity contribution is 5.81. The smallest absolute Gasteiger partial charge is 0.475 e. The first-order valence-corrected chi connectivity index (χ1v) is 7.70. The summed E-state index contributed by atoms with van der Waals surface area (Å²) in [7, 11) is 3.78. The first kappa shape index (κ1) is 31.2. The number of aliphatic carboxylic acids is 2. The molecular formula is C15H23F6N3O5. The van der Waals surface area contributed by atoms with Crippen molar-refractivity contribution in [2.75, 3.05) is 27.2 Å². The Labute approximate surface area is 163 Å². The fourth-order valence-corrected chi connectivity index (χ4v) is 1.36. The summed E-state index contributed by atoms with van der Waals surface area (Å²) in [5.41, 5.74) is 5.41. The van der Waals surface area contributed by atoms with Crippen molar-refractivity contribution in [3.05, 3.63) is 0 Å². The largest absolute Gasteiger partial charge is 0.490 e. The molecule has 1 amide bonds. The van der Waals surface area contributed by atoms with Gasteiger partial charge in [0.05, 0.1) is 12.6 Å². The van der Waals surface area contributed by atoms with Crippen LogP contribution in [-0.2, 0) is 14.4 Å². The first-order chi connectivity index (χ1) is 13.0. The van der Waals surface area contributed by atoms with Crippen LogP contribution in [0.4, 0.5) is 26.3 Å². The van der Waals surface area contributed by atoms with Crippen LogP contribution in [-0.4, -0.2) is 78.5 Å². The van der Waals surface area contributed by atoms with E-state index in [2.05, 4.69) is 11.2 Å². The molecule has 29 heavy (non-hydrogen) atoms. The molecule has 14 heteroatoms. The van der Waals surface area contributed by atoms with Crippen LogP contribution in [0.15, 0.2) is 0 Å². The molecule has 0 aromatic carbocycles. The number of nitrogens with zero attached hydrogens (tertiary/aromatic N) is 1. The number of terminal acetylenes is 1. The van der Waals surface area contributed by atoms with Crippen LogP contribution in [0.2, 0.25) is 0 Å². The third-order valence-corrected chi connectivity index (χ3v) is 2.71. The molecule has 0 aliphatic carbocycles. The zero-order valence-electron chi connectivity index (χ0n) is 15.6. The van der Waals surface area contributed by atoms with Crippen LogP contribution in [0.25, 0.3) is 0 Å². The van der Waals surface area contributed by atoms with Gasteiger partial charge in [-0.25, -0.2) is 9.59 Å². The number of carboxylic acid groups (broad SMARTS) is 2. The summed E-state index contributed by atoms with van der Waals surface area (Å²) in [4.78, 5) is 31.4. The van der Waals surface area contributed by atoms with Gasteiger partial charge in [-0.15, -0.1) is 6.42 Å². The molecule has 8 nitrogen and oxygen atoms in total. The number of rotatable bonds is 7. The highest BCUT2D eigenvalue weighted by atomic mass is 19.4. The zero-order valence-corrected chi connectivity index (χ0v) is 15.6. The predicted octanol–water partition coefficient (Wildman–Crippen LogP) is 1.06. The molecule has 0 rings (SSSR count). The van der Waals surface area contributed by atoms with Gasteiger partial charge in [-0.2, -0.15) is 26.3 Å². The van der Waals surface area contributed by atoms with E-state index in [4.69, 9.17) is 32.0 Å². The summed E-state index contributed by atoms with van der Waals surface area (Å²) in [6.07, 6.45) is -2.35. The number of halogens is 6. The summed E-state index contributed by atoms with van der Waals surface area (Å²) in [5.74, 6) is -3.13. The van der Waals surface area contributed by atoms with E-state index < -0.39 is 24.3 Å². The lowest BCUT2D eigenvalue weighted by atomic mass is 10.1. The third kappa shape index (κ3) is 20.0. The Morgan fingerprint density at radius 1 is 1.03 bits per heavy atom. The van der Waals surface area contributed by atoms with Crippen LogP contribution in [0.3, 0.4) is 0 Å². The van der Waals surface area contributed by atoms with Gasteiger partial charge in [-0.1, -0.05) is 12.3 Å². The van der Waals surface area contributed by atoms with Crippen molar-refractivity contribution in [1.29, 1.82) is 0 Å². The van der Waals surface area contributed by atoms with Crippen molar-refractivity contribution in [2.24, 2.45) is 5.73 Å². The van der Waals surface area contributed by atoms with E-state index in [0.717, 1.165) is 19.3 Å². The summed E-state index contributed by atoms with van der Waals surface area (Å²) in [6, 6.07) is -0.107. The lowest BCUT2D eigenvalue weighted by Gasteiger charge is -2.22. The minimum atomic E-state index is -5.08. The van der Waals surface area contributed by atoms with E-state index in [0.29, 0.717) is 13.1 Å². The Morgan fingerprint density at radius 2 is 1.41 bits per heavy atom. The van der Waals surface area contributed by atoms with Gasteiger partial charge >= 0.3 is 24.3 Å². The standard InChI is InChI=1S/C11H21N3O.2C2HF3O2/c1-4-9-13-11(15)10(14(2)3)7-5-6-8-12;2*3-2(4,5)1(6)7/h1,10H,5-9,12H2,2-3H3,(H,13,15);2*(H,6,7)/t10-;;/m0../s1. The third-order valence-electron chi connectivity index (χ3n) is 2.71. The highest BCUT2D eigenvalue weighted by Gasteiger charge is 2.38. The molecule has 0 aliphatic rings. The normalized spacial score (nSPS) is 11.8. The van der Waals surface area contributed by atoms with Gasteiger partial charge in [0.1, 0.15) is 0 Å². The number of carboxylic acids is 2. The molecule has 0 aromatic heterocycles. The number of nitrogens with one attached hydrogen (secondary N) is 1. The number of carbonyl (C=O) groups excluding carboxylic acids is 1. The molecule has 0 unspecified atom stereocenters. The van der Waals surface area contributed by atoms with Gasteiger partial charge in [0.15, 0.2) is 0 Å². The van der Waals surface area contributed by atoms with Crippen molar-refractivity contribution in [1.82, 2.24) is 10.2 Å². The Balaban J connectivity index is -0.000000402. The molecule has 1 atom stereocenters. The molecule has 0 bridgehead atoms. The zero-order chi connectivity index (χ0) is 23.8. The monoisotopic (exact) mass is 439 g/mol. The van der Waals surface area contributed by atoms with Gasteiger partial charge in [-0.3, -0.25) is 9.69 Å². The second-order valence-corrected chi connectivity index (χ2v) is 5.29. The molecule has 0 radical (unpaired) electrons. The van der Waals surface area contributed by atoms with Crippen molar-refractivity contribution >= 4 is 17.8 Å². The molecule has 0 spiro atoms. The van der Waals surface area contributed by atoms with E-state index in [1.54, 1.807) is 0 Å². The predicted molar refractivity (Wildman–Crippen MR) is 89.6 cm³/mol. The van der Waals surface area contributed by atoms with Gasteiger partial charge in [0, 0.05) is 0 Å². The van der Waals surface area contributed by atoms with Crippen molar-refractivity contribution in [2.45, 2.75) is 37.7 Å². The lowest BCUT2D eigenvalue weighted by Crippen LogP contribution is -2.43. The van der Waals surface area contributed by atoms with Crippen LogP contribution in [0.1, 0.15) is 19.3 Å². The van der Waals surface area contributed by atoms with Gasteiger partial charge in [0.25, 0.3) is 0 Å². The molecule has 0 saturated heterocycles. The highest BCUT2D eigenvalue weighted by Crippen LogP contribution is 2.13. The fraction of sp³-hybridized carbons (Fsp3) is 0.667. The molecule has 0 aliphatic heterocycles. The van der Waals surface area contributed by atoms with E-state index >= 15 is 0 Å². The average molecular weight is 439 g/mol. The number of alkyl halides is 6. The molecule has 0 aromatic rings. The minimum Gasteiger partial charge on any atom is -0.475 e. The van der Waals surface area contributed by atoms with Crippen molar-refractivity contribution < 1.29 is 50.9 Å². The Morgan fingerprint density at radius 3 is 1.66 bits per heavy atom. The average Bonchev–Trinajstić information content (AvgIpc) is 2.55. The van der Waals surface area contributed by atoms with E-state index in [1.165, 1.54) is 0 Å². The Bertz CT molecular complexity index is 520. The quantitative estimate of drug-likeness (QED) is 0.265. The SMILES string of the molecule is C#CCNC(=O)[C@H](CCCCN)N(C)C.O=C(O)C(F)(F)F.O=C(O)C(F)(F)F. The molecule has 5 N–H and O–H groups in total.